The predicted octanol–water partition coefficient (Wildman–Crippen LogP) is 3.44. The molecule has 1 N–H and O–H groups in total. The van der Waals surface area contributed by atoms with E-state index in [2.05, 4.69) is 5.32 Å². The van der Waals surface area contributed by atoms with Crippen molar-refractivity contribution in [3.05, 3.63) is 90.5 Å². The molecule has 3 aromatic carbocycles. The molecule has 0 spiro atoms. The average molecular weight is 510 g/mol. The van der Waals surface area contributed by atoms with Gasteiger partial charge in [0.1, 0.15) is 18.3 Å². The zero-order valence-corrected chi connectivity index (χ0v) is 21.4. The standard InChI is InChI=1S/C27H31N3O5S/c1-4-28-27(32)21(2)29(19-22-11-7-5-8-12-22)26(31)20-30(23-15-17-24(35-3)18-16-23)36(33,34)25-13-9-6-10-14-25/h5-18,21H,4,19-20H2,1-3H3,(H,28,32). The summed E-state index contributed by atoms with van der Waals surface area (Å²) < 4.78 is 33.6. The average Bonchev–Trinajstić information content (AvgIpc) is 2.91. The molecule has 0 aromatic heterocycles. The van der Waals surface area contributed by atoms with Crippen molar-refractivity contribution in [2.75, 3.05) is 24.5 Å². The Kier molecular flexibility index (Phi) is 9.08. The lowest BCUT2D eigenvalue weighted by atomic mass is 10.1. The lowest BCUT2D eigenvalue weighted by Crippen LogP contribution is -2.51. The number of methoxy groups -OCH3 is 1. The summed E-state index contributed by atoms with van der Waals surface area (Å²) in [5.74, 6) is -0.269. The van der Waals surface area contributed by atoms with Crippen LogP contribution in [-0.2, 0) is 26.2 Å². The van der Waals surface area contributed by atoms with Gasteiger partial charge in [-0.15, -0.1) is 0 Å². The molecule has 0 aliphatic heterocycles. The number of anilines is 1. The van der Waals surface area contributed by atoms with E-state index in [1.54, 1.807) is 56.3 Å². The molecule has 0 heterocycles. The second kappa shape index (κ2) is 12.2. The van der Waals surface area contributed by atoms with Gasteiger partial charge in [0.15, 0.2) is 0 Å². The van der Waals surface area contributed by atoms with Crippen molar-refractivity contribution in [3.63, 3.8) is 0 Å². The zero-order chi connectivity index (χ0) is 26.1. The van der Waals surface area contributed by atoms with Crippen LogP contribution in [0.1, 0.15) is 19.4 Å². The topological polar surface area (TPSA) is 96.0 Å². The second-order valence-electron chi connectivity index (χ2n) is 8.10. The van der Waals surface area contributed by atoms with Gasteiger partial charge in [0, 0.05) is 13.1 Å². The fourth-order valence-electron chi connectivity index (χ4n) is 3.68. The highest BCUT2D eigenvalue weighted by molar-refractivity contribution is 7.92. The summed E-state index contributed by atoms with van der Waals surface area (Å²) in [6.45, 7) is 3.51. The van der Waals surface area contributed by atoms with E-state index in [0.29, 0.717) is 18.0 Å². The molecule has 2 amide bonds. The number of hydrogen-bond donors (Lipinski definition) is 1. The molecule has 190 valence electrons. The summed E-state index contributed by atoms with van der Waals surface area (Å²) >= 11 is 0. The summed E-state index contributed by atoms with van der Waals surface area (Å²) in [7, 11) is -2.57. The third-order valence-corrected chi connectivity index (χ3v) is 7.47. The van der Waals surface area contributed by atoms with Gasteiger partial charge in [0.2, 0.25) is 11.8 Å². The van der Waals surface area contributed by atoms with Crippen LogP contribution < -0.4 is 14.4 Å². The van der Waals surface area contributed by atoms with Crippen molar-refractivity contribution >= 4 is 27.5 Å². The van der Waals surface area contributed by atoms with Gasteiger partial charge in [0.05, 0.1) is 17.7 Å². The first-order chi connectivity index (χ1) is 17.3. The Balaban J connectivity index is 2.00. The van der Waals surface area contributed by atoms with Crippen LogP contribution in [0.3, 0.4) is 0 Å². The Morgan fingerprint density at radius 3 is 2.06 bits per heavy atom. The molecule has 8 nitrogen and oxygen atoms in total. The first-order valence-electron chi connectivity index (χ1n) is 11.6. The van der Waals surface area contributed by atoms with Crippen LogP contribution in [-0.4, -0.2) is 51.4 Å². The van der Waals surface area contributed by atoms with Crippen LogP contribution in [0.4, 0.5) is 5.69 Å². The van der Waals surface area contributed by atoms with E-state index in [9.17, 15) is 18.0 Å². The van der Waals surface area contributed by atoms with Gasteiger partial charge in [0.25, 0.3) is 10.0 Å². The van der Waals surface area contributed by atoms with Gasteiger partial charge in [-0.3, -0.25) is 13.9 Å². The molecule has 9 heteroatoms. The van der Waals surface area contributed by atoms with Crippen LogP contribution in [0.5, 0.6) is 5.75 Å². The highest BCUT2D eigenvalue weighted by Gasteiger charge is 2.32. The van der Waals surface area contributed by atoms with Crippen LogP contribution in [0, 0.1) is 0 Å². The molecule has 3 aromatic rings. The van der Waals surface area contributed by atoms with Gasteiger partial charge in [-0.25, -0.2) is 8.42 Å². The highest BCUT2D eigenvalue weighted by atomic mass is 32.2. The fraction of sp³-hybridized carbons (Fsp3) is 0.259. The molecule has 0 fully saturated rings. The Hall–Kier alpha value is -3.85. The molecule has 0 aliphatic carbocycles. The van der Waals surface area contributed by atoms with E-state index in [0.717, 1.165) is 9.87 Å². The maximum Gasteiger partial charge on any atom is 0.264 e. The third-order valence-electron chi connectivity index (χ3n) is 5.68. The number of carbonyl (C=O) groups excluding carboxylic acids is 2. The first-order valence-corrected chi connectivity index (χ1v) is 13.0. The molecule has 0 bridgehead atoms. The van der Waals surface area contributed by atoms with E-state index in [1.165, 1.54) is 24.1 Å². The summed E-state index contributed by atoms with van der Waals surface area (Å²) in [5, 5.41) is 2.74. The van der Waals surface area contributed by atoms with Crippen LogP contribution in [0.15, 0.2) is 89.8 Å². The lowest BCUT2D eigenvalue weighted by Gasteiger charge is -2.32. The van der Waals surface area contributed by atoms with E-state index >= 15 is 0 Å². The smallest absolute Gasteiger partial charge is 0.264 e. The third kappa shape index (κ3) is 6.42. The maximum atomic E-state index is 13.7. The van der Waals surface area contributed by atoms with Gasteiger partial charge in [-0.05, 0) is 55.8 Å². The fourth-order valence-corrected chi connectivity index (χ4v) is 5.12. The number of carbonyl (C=O) groups is 2. The number of sulfonamides is 1. The van der Waals surface area contributed by atoms with Crippen molar-refractivity contribution in [1.29, 1.82) is 0 Å². The molecule has 36 heavy (non-hydrogen) atoms. The van der Waals surface area contributed by atoms with Crippen molar-refractivity contribution in [2.24, 2.45) is 0 Å². The number of likely N-dealkylation sites (N-methyl/N-ethyl adjacent to an activating group) is 1. The van der Waals surface area contributed by atoms with Gasteiger partial charge in [-0.2, -0.15) is 0 Å². The van der Waals surface area contributed by atoms with Gasteiger partial charge < -0.3 is 15.0 Å². The molecule has 3 rings (SSSR count). The molecule has 0 radical (unpaired) electrons. The number of benzene rings is 3. The molecule has 1 atom stereocenters. The summed E-state index contributed by atoms with van der Waals surface area (Å²) in [6, 6.07) is 22.8. The number of nitrogens with one attached hydrogen (secondary N) is 1. The zero-order valence-electron chi connectivity index (χ0n) is 20.6. The van der Waals surface area contributed by atoms with E-state index in [-0.39, 0.29) is 17.3 Å². The quantitative estimate of drug-likeness (QED) is 0.427. The minimum Gasteiger partial charge on any atom is -0.497 e. The summed E-state index contributed by atoms with van der Waals surface area (Å²) in [4.78, 5) is 27.8. The Morgan fingerprint density at radius 1 is 0.917 bits per heavy atom. The number of rotatable bonds is 11. The number of nitrogens with zero attached hydrogens (tertiary/aromatic N) is 2. The maximum absolute atomic E-state index is 13.7. The SMILES string of the molecule is CCNC(=O)C(C)N(Cc1ccccc1)C(=O)CN(c1ccc(OC)cc1)S(=O)(=O)c1ccccc1. The normalized spacial score (nSPS) is 11.9. The number of ether oxygens (including phenoxy) is 1. The highest BCUT2D eigenvalue weighted by Crippen LogP contribution is 2.26. The lowest BCUT2D eigenvalue weighted by molar-refractivity contribution is -0.139. The first kappa shape index (κ1) is 26.7. The van der Waals surface area contributed by atoms with Crippen molar-refractivity contribution < 1.29 is 22.7 Å². The Bertz CT molecular complexity index is 1250. The Morgan fingerprint density at radius 2 is 1.50 bits per heavy atom. The largest absolute Gasteiger partial charge is 0.497 e. The van der Waals surface area contributed by atoms with Crippen molar-refractivity contribution in [2.45, 2.75) is 31.3 Å². The van der Waals surface area contributed by atoms with E-state index < -0.39 is 28.5 Å². The molecular formula is C27H31N3O5S. The second-order valence-corrected chi connectivity index (χ2v) is 9.96. The minimum absolute atomic E-state index is 0.0556. The van der Waals surface area contributed by atoms with Crippen molar-refractivity contribution in [3.8, 4) is 5.75 Å². The number of amides is 2. The molecule has 0 saturated heterocycles. The molecular weight excluding hydrogens is 478 g/mol. The van der Waals surface area contributed by atoms with Gasteiger partial charge in [-0.1, -0.05) is 48.5 Å². The molecule has 1 unspecified atom stereocenters. The van der Waals surface area contributed by atoms with E-state index in [1.807, 2.05) is 30.3 Å². The molecule has 0 saturated carbocycles. The summed E-state index contributed by atoms with van der Waals surface area (Å²) in [5.41, 5.74) is 1.13. The number of hydrogen-bond acceptors (Lipinski definition) is 5. The Labute approximate surface area is 212 Å². The van der Waals surface area contributed by atoms with E-state index in [4.69, 9.17) is 4.74 Å². The minimum atomic E-state index is -4.09. The monoisotopic (exact) mass is 509 g/mol. The van der Waals surface area contributed by atoms with Crippen LogP contribution in [0.2, 0.25) is 0 Å². The summed E-state index contributed by atoms with van der Waals surface area (Å²) in [6.07, 6.45) is 0. The van der Waals surface area contributed by atoms with Gasteiger partial charge >= 0.3 is 0 Å². The predicted molar refractivity (Wildman–Crippen MR) is 139 cm³/mol. The van der Waals surface area contributed by atoms with Crippen LogP contribution >= 0.6 is 0 Å². The molecule has 0 aliphatic rings. The van der Waals surface area contributed by atoms with Crippen LogP contribution in [0.25, 0.3) is 0 Å². The van der Waals surface area contributed by atoms with Crippen molar-refractivity contribution in [1.82, 2.24) is 10.2 Å².